The quantitative estimate of drug-likeness (QED) is 0.282. The molecule has 0 fully saturated rings. The molecule has 0 aromatic heterocycles. The van der Waals surface area contributed by atoms with E-state index in [4.69, 9.17) is 21.1 Å². The first-order valence-electron chi connectivity index (χ1n) is 10.9. The number of sulfonamides is 1. The molecule has 0 unspecified atom stereocenters. The number of anilines is 2. The summed E-state index contributed by atoms with van der Waals surface area (Å²) in [6, 6.07) is 19.9. The monoisotopic (exact) mass is 544 g/mol. The van der Waals surface area contributed by atoms with Crippen LogP contribution in [0.15, 0.2) is 77.9 Å². The van der Waals surface area contributed by atoms with Gasteiger partial charge in [-0.15, -0.1) is 0 Å². The molecular weight excluding hydrogens is 520 g/mol. The van der Waals surface area contributed by atoms with Gasteiger partial charge in [0.1, 0.15) is 18.0 Å². The van der Waals surface area contributed by atoms with Gasteiger partial charge < -0.3 is 14.8 Å². The van der Waals surface area contributed by atoms with Crippen molar-refractivity contribution in [1.82, 2.24) is 5.43 Å². The van der Waals surface area contributed by atoms with Crippen molar-refractivity contribution in [2.45, 2.75) is 0 Å². The molecule has 0 spiro atoms. The zero-order valence-corrected chi connectivity index (χ0v) is 21.6. The number of ether oxygens (including phenoxy) is 2. The Balaban J connectivity index is 1.52. The predicted molar refractivity (Wildman–Crippen MR) is 143 cm³/mol. The number of halogens is 1. The smallest absolute Gasteiger partial charge is 0.262 e. The average molecular weight is 545 g/mol. The molecule has 2 amide bonds. The summed E-state index contributed by atoms with van der Waals surface area (Å²) < 4.78 is 36.2. The van der Waals surface area contributed by atoms with E-state index in [1.54, 1.807) is 72.8 Å². The zero-order valence-electron chi connectivity index (χ0n) is 20.0. The van der Waals surface area contributed by atoms with Gasteiger partial charge in [-0.1, -0.05) is 29.8 Å². The Hall–Kier alpha value is -4.09. The minimum atomic E-state index is -3.77. The van der Waals surface area contributed by atoms with Crippen LogP contribution in [0.2, 0.25) is 5.02 Å². The molecule has 194 valence electrons. The molecule has 3 aromatic rings. The summed E-state index contributed by atoms with van der Waals surface area (Å²) in [7, 11) is -2.35. The van der Waals surface area contributed by atoms with E-state index < -0.39 is 22.5 Å². The summed E-state index contributed by atoms with van der Waals surface area (Å²) in [5, 5.41) is 7.07. The number of nitrogens with zero attached hydrogens (tertiary/aromatic N) is 2. The number of carbonyl (C=O) groups is 2. The lowest BCUT2D eigenvalue weighted by Gasteiger charge is -2.23. The van der Waals surface area contributed by atoms with E-state index in [1.165, 1.54) is 13.3 Å². The number of carbonyl (C=O) groups excluding carboxylic acids is 2. The number of methoxy groups -OCH3 is 1. The summed E-state index contributed by atoms with van der Waals surface area (Å²) in [5.41, 5.74) is 3.76. The highest BCUT2D eigenvalue weighted by Crippen LogP contribution is 2.29. The van der Waals surface area contributed by atoms with Crippen molar-refractivity contribution in [3.63, 3.8) is 0 Å². The molecule has 0 saturated carbocycles. The topological polar surface area (TPSA) is 126 Å². The number of benzene rings is 3. The van der Waals surface area contributed by atoms with Crippen molar-refractivity contribution in [1.29, 1.82) is 0 Å². The Kier molecular flexibility index (Phi) is 9.47. The molecule has 3 aromatic carbocycles. The first-order valence-corrected chi connectivity index (χ1v) is 13.1. The lowest BCUT2D eigenvalue weighted by molar-refractivity contribution is -0.119. The molecule has 12 heteroatoms. The van der Waals surface area contributed by atoms with Crippen molar-refractivity contribution in [2.24, 2.45) is 5.10 Å². The lowest BCUT2D eigenvalue weighted by Crippen LogP contribution is -2.39. The fourth-order valence-electron chi connectivity index (χ4n) is 3.12. The molecule has 0 aliphatic carbocycles. The molecule has 3 rings (SSSR count). The number of hydrogen-bond acceptors (Lipinski definition) is 7. The summed E-state index contributed by atoms with van der Waals surface area (Å²) in [4.78, 5) is 24.4. The van der Waals surface area contributed by atoms with Crippen LogP contribution in [0.5, 0.6) is 11.5 Å². The summed E-state index contributed by atoms with van der Waals surface area (Å²) in [5.74, 6) is -0.207. The minimum absolute atomic E-state index is 0.195. The van der Waals surface area contributed by atoms with Crippen LogP contribution in [-0.4, -0.2) is 53.0 Å². The van der Waals surface area contributed by atoms with Crippen LogP contribution in [0.25, 0.3) is 0 Å². The van der Waals surface area contributed by atoms with E-state index in [0.717, 1.165) is 10.6 Å². The third-order valence-corrected chi connectivity index (χ3v) is 6.16. The summed E-state index contributed by atoms with van der Waals surface area (Å²) >= 11 is 5.90. The number of rotatable bonds is 11. The van der Waals surface area contributed by atoms with Gasteiger partial charge in [0.05, 0.1) is 25.3 Å². The molecule has 0 saturated heterocycles. The number of hydrogen-bond donors (Lipinski definition) is 2. The molecule has 0 heterocycles. The Labute approximate surface area is 219 Å². The van der Waals surface area contributed by atoms with Gasteiger partial charge in [0.15, 0.2) is 6.61 Å². The largest absolute Gasteiger partial charge is 0.495 e. The third kappa shape index (κ3) is 8.51. The van der Waals surface area contributed by atoms with Gasteiger partial charge in [-0.2, -0.15) is 5.10 Å². The zero-order chi connectivity index (χ0) is 26.8. The molecule has 0 radical (unpaired) electrons. The van der Waals surface area contributed by atoms with Gasteiger partial charge in [-0.25, -0.2) is 13.8 Å². The minimum Gasteiger partial charge on any atom is -0.495 e. The average Bonchev–Trinajstić information content (AvgIpc) is 2.86. The van der Waals surface area contributed by atoms with Crippen LogP contribution in [0.4, 0.5) is 11.4 Å². The normalized spacial score (nSPS) is 11.1. The van der Waals surface area contributed by atoms with E-state index in [9.17, 15) is 18.0 Å². The fraction of sp³-hybridized carbons (Fsp3) is 0.160. The van der Waals surface area contributed by atoms with Crippen LogP contribution in [0, 0.1) is 0 Å². The van der Waals surface area contributed by atoms with Crippen molar-refractivity contribution in [2.75, 3.05) is 36.1 Å². The van der Waals surface area contributed by atoms with Gasteiger partial charge in [-0.05, 0) is 60.2 Å². The second-order valence-corrected chi connectivity index (χ2v) is 9.99. The van der Waals surface area contributed by atoms with Gasteiger partial charge in [0.2, 0.25) is 10.0 Å². The molecule has 0 aliphatic heterocycles. The standard InChI is InChI=1S/C25H25ClN4O6S/c1-35-23-9-4-3-8-22(23)30(37(2,33)34)16-24(31)29-27-15-18-10-12-21(13-11-18)36-17-25(32)28-20-7-5-6-19(26)14-20/h3-15H,16-17H2,1-2H3,(H,28,32)(H,29,31)/b27-15+. The van der Waals surface area contributed by atoms with Gasteiger partial charge in [0.25, 0.3) is 11.8 Å². The summed E-state index contributed by atoms with van der Waals surface area (Å²) in [6.45, 7) is -0.681. The number of amides is 2. The van der Waals surface area contributed by atoms with Gasteiger partial charge in [-0.3, -0.25) is 13.9 Å². The maximum atomic E-state index is 12.4. The van der Waals surface area contributed by atoms with E-state index in [-0.39, 0.29) is 18.2 Å². The van der Waals surface area contributed by atoms with E-state index in [2.05, 4.69) is 15.8 Å². The maximum Gasteiger partial charge on any atom is 0.262 e. The van der Waals surface area contributed by atoms with Crippen LogP contribution < -0.4 is 24.5 Å². The third-order valence-electron chi connectivity index (χ3n) is 4.80. The SMILES string of the molecule is COc1ccccc1N(CC(=O)N/N=C/c1ccc(OCC(=O)Nc2cccc(Cl)c2)cc1)S(C)(=O)=O. The van der Waals surface area contributed by atoms with Gasteiger partial charge in [0, 0.05) is 10.7 Å². The molecular formula is C25H25ClN4O6S. The van der Waals surface area contributed by atoms with Crippen LogP contribution in [-0.2, 0) is 19.6 Å². The Morgan fingerprint density at radius 2 is 1.76 bits per heavy atom. The first-order chi connectivity index (χ1) is 17.7. The molecule has 0 atom stereocenters. The predicted octanol–water partition coefficient (Wildman–Crippen LogP) is 3.28. The lowest BCUT2D eigenvalue weighted by atomic mass is 10.2. The fourth-order valence-corrected chi connectivity index (χ4v) is 4.17. The Bertz CT molecular complexity index is 1380. The number of nitrogens with one attached hydrogen (secondary N) is 2. The second-order valence-electron chi connectivity index (χ2n) is 7.65. The summed E-state index contributed by atoms with van der Waals surface area (Å²) in [6.07, 6.45) is 2.39. The Morgan fingerprint density at radius 1 is 1.03 bits per heavy atom. The Morgan fingerprint density at radius 3 is 2.43 bits per heavy atom. The number of para-hydroxylation sites is 2. The van der Waals surface area contributed by atoms with Crippen molar-refractivity contribution in [3.05, 3.63) is 83.4 Å². The second kappa shape index (κ2) is 12.7. The van der Waals surface area contributed by atoms with Crippen molar-refractivity contribution >= 4 is 51.0 Å². The van der Waals surface area contributed by atoms with E-state index in [1.807, 2.05) is 0 Å². The highest BCUT2D eigenvalue weighted by Gasteiger charge is 2.23. The van der Waals surface area contributed by atoms with E-state index in [0.29, 0.717) is 27.8 Å². The van der Waals surface area contributed by atoms with Crippen LogP contribution >= 0.6 is 11.6 Å². The van der Waals surface area contributed by atoms with E-state index >= 15 is 0 Å². The molecule has 10 nitrogen and oxygen atoms in total. The van der Waals surface area contributed by atoms with Gasteiger partial charge >= 0.3 is 0 Å². The highest BCUT2D eigenvalue weighted by atomic mass is 35.5. The van der Waals surface area contributed by atoms with Crippen molar-refractivity contribution in [3.8, 4) is 11.5 Å². The molecule has 37 heavy (non-hydrogen) atoms. The number of hydrazone groups is 1. The highest BCUT2D eigenvalue weighted by molar-refractivity contribution is 7.92. The maximum absolute atomic E-state index is 12.4. The van der Waals surface area contributed by atoms with Crippen molar-refractivity contribution < 1.29 is 27.5 Å². The van der Waals surface area contributed by atoms with Crippen LogP contribution in [0.1, 0.15) is 5.56 Å². The van der Waals surface area contributed by atoms with Crippen LogP contribution in [0.3, 0.4) is 0 Å². The first kappa shape index (κ1) is 27.5. The molecule has 0 aliphatic rings. The molecule has 2 N–H and O–H groups in total. The molecule has 0 bridgehead atoms.